The number of aromatic nitrogens is 1. The minimum atomic E-state index is -4.55. The van der Waals surface area contributed by atoms with Gasteiger partial charge in [-0.3, -0.25) is 9.78 Å². The smallest absolute Gasteiger partial charge is 0.288 e. The Morgan fingerprint density at radius 1 is 0.828 bits per heavy atom. The first-order chi connectivity index (χ1) is 13.9. The number of alkyl halides is 3. The second kappa shape index (κ2) is 7.44. The summed E-state index contributed by atoms with van der Waals surface area (Å²) in [5.74, 6) is -0.317. The molecule has 2 nitrogen and oxygen atoms in total. The number of benzene rings is 3. The Labute approximate surface area is 173 Å². The minimum Gasteiger partial charge on any atom is -0.288 e. The molecule has 6 heteroatoms. The van der Waals surface area contributed by atoms with E-state index >= 15 is 0 Å². The molecule has 0 amide bonds. The van der Waals surface area contributed by atoms with Crippen LogP contribution in [-0.2, 0) is 6.18 Å². The van der Waals surface area contributed by atoms with Crippen LogP contribution in [0, 0.1) is 0 Å². The molecule has 0 spiro atoms. The largest absolute Gasteiger partial charge is 0.418 e. The predicted molar refractivity (Wildman–Crippen MR) is 110 cm³/mol. The topological polar surface area (TPSA) is 30.0 Å². The molecule has 4 aromatic rings. The van der Waals surface area contributed by atoms with E-state index in [0.29, 0.717) is 21.2 Å². The Morgan fingerprint density at radius 3 is 2.21 bits per heavy atom. The van der Waals surface area contributed by atoms with Crippen molar-refractivity contribution in [2.24, 2.45) is 0 Å². The van der Waals surface area contributed by atoms with Crippen molar-refractivity contribution >= 4 is 32.6 Å². The highest BCUT2D eigenvalue weighted by atomic mass is 79.9. The molecule has 0 atom stereocenters. The van der Waals surface area contributed by atoms with Gasteiger partial charge in [-0.25, -0.2) is 0 Å². The maximum atomic E-state index is 13.5. The first-order valence-electron chi connectivity index (χ1n) is 8.71. The molecule has 0 aliphatic rings. The number of hydrogen-bond acceptors (Lipinski definition) is 2. The van der Waals surface area contributed by atoms with Gasteiger partial charge in [-0.1, -0.05) is 70.5 Å². The molecule has 0 saturated heterocycles. The lowest BCUT2D eigenvalue weighted by atomic mass is 9.91. The minimum absolute atomic E-state index is 0.178. The van der Waals surface area contributed by atoms with Gasteiger partial charge >= 0.3 is 6.18 Å². The van der Waals surface area contributed by atoms with E-state index in [9.17, 15) is 18.0 Å². The molecule has 1 heterocycles. The fourth-order valence-corrected chi connectivity index (χ4v) is 3.80. The Morgan fingerprint density at radius 2 is 1.52 bits per heavy atom. The average molecular weight is 456 g/mol. The van der Waals surface area contributed by atoms with Crippen molar-refractivity contribution < 1.29 is 18.0 Å². The van der Waals surface area contributed by atoms with Gasteiger partial charge in [0.1, 0.15) is 0 Å². The molecule has 3 aromatic carbocycles. The van der Waals surface area contributed by atoms with Crippen LogP contribution in [0.4, 0.5) is 13.2 Å². The normalized spacial score (nSPS) is 11.6. The lowest BCUT2D eigenvalue weighted by molar-refractivity contribution is -0.136. The maximum absolute atomic E-state index is 13.5. The fourth-order valence-electron chi connectivity index (χ4n) is 3.33. The Balaban J connectivity index is 2.06. The SMILES string of the molecule is O=C(c1ccccc1Br)c1cnc2c(C(F)(F)F)cccc2c1-c1ccccc1. The highest BCUT2D eigenvalue weighted by Crippen LogP contribution is 2.39. The van der Waals surface area contributed by atoms with Crippen molar-refractivity contribution in [3.8, 4) is 11.1 Å². The number of para-hydroxylation sites is 1. The second-order valence-electron chi connectivity index (χ2n) is 6.42. The van der Waals surface area contributed by atoms with E-state index in [1.165, 1.54) is 12.3 Å². The molecule has 0 bridgehead atoms. The second-order valence-corrected chi connectivity index (χ2v) is 7.28. The molecule has 144 valence electrons. The Hall–Kier alpha value is -2.99. The molecular formula is C23H13BrF3NO. The zero-order valence-corrected chi connectivity index (χ0v) is 16.5. The summed E-state index contributed by atoms with van der Waals surface area (Å²) in [6.45, 7) is 0. The number of halogens is 4. The number of fused-ring (bicyclic) bond motifs is 1. The highest BCUT2D eigenvalue weighted by Gasteiger charge is 2.34. The molecular weight excluding hydrogens is 443 g/mol. The Kier molecular flexibility index (Phi) is 4.96. The summed E-state index contributed by atoms with van der Waals surface area (Å²) < 4.78 is 41.2. The molecule has 4 rings (SSSR count). The molecule has 0 N–H and O–H groups in total. The van der Waals surface area contributed by atoms with Crippen LogP contribution >= 0.6 is 15.9 Å². The van der Waals surface area contributed by atoms with Crippen molar-refractivity contribution in [3.05, 3.63) is 100 Å². The Bertz CT molecular complexity index is 1220. The van der Waals surface area contributed by atoms with Crippen LogP contribution in [0.1, 0.15) is 21.5 Å². The van der Waals surface area contributed by atoms with Crippen LogP contribution in [0.3, 0.4) is 0 Å². The number of carbonyl (C=O) groups excluding carboxylic acids is 1. The van der Waals surface area contributed by atoms with Gasteiger partial charge in [0.25, 0.3) is 0 Å². The summed E-state index contributed by atoms with van der Waals surface area (Å²) in [6, 6.07) is 19.7. The number of carbonyl (C=O) groups is 1. The van der Waals surface area contributed by atoms with E-state index in [2.05, 4.69) is 20.9 Å². The van der Waals surface area contributed by atoms with Gasteiger partial charge in [0.15, 0.2) is 5.78 Å². The first kappa shape index (κ1) is 19.3. The van der Waals surface area contributed by atoms with E-state index in [1.807, 2.05) is 6.07 Å². The summed E-state index contributed by atoms with van der Waals surface area (Å²) in [7, 11) is 0. The number of nitrogens with zero attached hydrogens (tertiary/aromatic N) is 1. The average Bonchev–Trinajstić information content (AvgIpc) is 2.72. The third kappa shape index (κ3) is 3.56. The van der Waals surface area contributed by atoms with Gasteiger partial charge in [-0.2, -0.15) is 13.2 Å². The molecule has 0 radical (unpaired) electrons. The highest BCUT2D eigenvalue weighted by molar-refractivity contribution is 9.10. The third-order valence-corrected chi connectivity index (χ3v) is 5.32. The van der Waals surface area contributed by atoms with E-state index in [-0.39, 0.29) is 22.2 Å². The maximum Gasteiger partial charge on any atom is 0.418 e. The van der Waals surface area contributed by atoms with Crippen molar-refractivity contribution in [1.82, 2.24) is 4.98 Å². The van der Waals surface area contributed by atoms with Crippen molar-refractivity contribution in [2.75, 3.05) is 0 Å². The zero-order chi connectivity index (χ0) is 20.6. The molecule has 0 unspecified atom stereocenters. The monoisotopic (exact) mass is 455 g/mol. The quantitative estimate of drug-likeness (QED) is 0.314. The van der Waals surface area contributed by atoms with Crippen LogP contribution in [0.5, 0.6) is 0 Å². The number of pyridine rings is 1. The summed E-state index contributed by atoms with van der Waals surface area (Å²) in [5.41, 5.74) is 0.736. The zero-order valence-electron chi connectivity index (χ0n) is 14.9. The lowest BCUT2D eigenvalue weighted by Gasteiger charge is -2.16. The van der Waals surface area contributed by atoms with E-state index in [1.54, 1.807) is 54.6 Å². The number of rotatable bonds is 3. The first-order valence-corrected chi connectivity index (χ1v) is 9.51. The summed E-state index contributed by atoms with van der Waals surface area (Å²) in [5, 5.41) is 0.281. The lowest BCUT2D eigenvalue weighted by Crippen LogP contribution is -2.10. The summed E-state index contributed by atoms with van der Waals surface area (Å²) >= 11 is 3.37. The van der Waals surface area contributed by atoms with E-state index < -0.39 is 11.7 Å². The van der Waals surface area contributed by atoms with Crippen LogP contribution in [0.15, 0.2) is 83.5 Å². The van der Waals surface area contributed by atoms with Gasteiger partial charge in [0.05, 0.1) is 11.1 Å². The molecule has 0 aliphatic carbocycles. The third-order valence-electron chi connectivity index (χ3n) is 4.63. The molecule has 1 aromatic heterocycles. The van der Waals surface area contributed by atoms with Crippen molar-refractivity contribution in [1.29, 1.82) is 0 Å². The molecule has 0 saturated carbocycles. The van der Waals surface area contributed by atoms with Gasteiger partial charge in [0, 0.05) is 32.7 Å². The molecule has 0 aliphatic heterocycles. The summed E-state index contributed by atoms with van der Waals surface area (Å²) in [6.07, 6.45) is -3.31. The predicted octanol–water partition coefficient (Wildman–Crippen LogP) is 6.91. The standard InChI is InChI=1S/C23H13BrF3NO/c24-19-12-5-4-9-15(19)22(29)17-13-28-21-16(10-6-11-18(21)23(25,26)27)20(17)14-7-2-1-3-8-14/h1-13H. The fraction of sp³-hybridized carbons (Fsp3) is 0.0435. The van der Waals surface area contributed by atoms with E-state index in [4.69, 9.17) is 0 Å². The number of hydrogen-bond donors (Lipinski definition) is 0. The van der Waals surface area contributed by atoms with Crippen LogP contribution in [-0.4, -0.2) is 10.8 Å². The van der Waals surface area contributed by atoms with Crippen molar-refractivity contribution in [3.63, 3.8) is 0 Å². The van der Waals surface area contributed by atoms with Crippen LogP contribution in [0.2, 0.25) is 0 Å². The summed E-state index contributed by atoms with van der Waals surface area (Å²) in [4.78, 5) is 17.3. The van der Waals surface area contributed by atoms with E-state index in [0.717, 1.165) is 6.07 Å². The number of ketones is 1. The van der Waals surface area contributed by atoms with Gasteiger partial charge < -0.3 is 0 Å². The van der Waals surface area contributed by atoms with Gasteiger partial charge in [0.2, 0.25) is 0 Å². The molecule has 29 heavy (non-hydrogen) atoms. The molecule has 0 fully saturated rings. The van der Waals surface area contributed by atoms with Gasteiger partial charge in [-0.15, -0.1) is 0 Å². The van der Waals surface area contributed by atoms with Crippen LogP contribution < -0.4 is 0 Å². The van der Waals surface area contributed by atoms with Gasteiger partial charge in [-0.05, 0) is 23.8 Å². The van der Waals surface area contributed by atoms with Crippen molar-refractivity contribution in [2.45, 2.75) is 6.18 Å². The van der Waals surface area contributed by atoms with Crippen LogP contribution in [0.25, 0.3) is 22.0 Å².